The Morgan fingerprint density at radius 3 is 2.52 bits per heavy atom. The standard InChI is InChI=1S/C17H17Cl2N3O/c18-13-4-5-15(16(19)11-13)17(23)22-9-7-21(8-10-22)12-14-3-1-2-6-20-14/h1-6,11H,7-10,12H2. The van der Waals surface area contributed by atoms with Crippen molar-refractivity contribution in [3.63, 3.8) is 0 Å². The van der Waals surface area contributed by atoms with E-state index < -0.39 is 0 Å². The number of carbonyl (C=O) groups excluding carboxylic acids is 1. The van der Waals surface area contributed by atoms with E-state index in [2.05, 4.69) is 9.88 Å². The molecule has 1 aromatic carbocycles. The molecule has 0 spiro atoms. The van der Waals surface area contributed by atoms with E-state index in [9.17, 15) is 4.79 Å². The van der Waals surface area contributed by atoms with Gasteiger partial charge in [-0.25, -0.2) is 0 Å². The third kappa shape index (κ3) is 4.02. The number of amides is 1. The monoisotopic (exact) mass is 349 g/mol. The lowest BCUT2D eigenvalue weighted by Gasteiger charge is -2.34. The minimum atomic E-state index is -0.0378. The zero-order valence-electron chi connectivity index (χ0n) is 12.6. The van der Waals surface area contributed by atoms with Gasteiger partial charge in [0.2, 0.25) is 0 Å². The first-order valence-corrected chi connectivity index (χ1v) is 8.25. The van der Waals surface area contributed by atoms with Crippen molar-refractivity contribution in [3.05, 3.63) is 63.9 Å². The molecule has 0 N–H and O–H groups in total. The van der Waals surface area contributed by atoms with Gasteiger partial charge in [0.1, 0.15) is 0 Å². The minimum absolute atomic E-state index is 0.0378. The lowest BCUT2D eigenvalue weighted by molar-refractivity contribution is 0.0627. The smallest absolute Gasteiger partial charge is 0.255 e. The van der Waals surface area contributed by atoms with Crippen LogP contribution in [0.4, 0.5) is 0 Å². The van der Waals surface area contributed by atoms with Crippen molar-refractivity contribution >= 4 is 29.1 Å². The number of hydrogen-bond acceptors (Lipinski definition) is 3. The van der Waals surface area contributed by atoms with Crippen LogP contribution in [0.2, 0.25) is 10.0 Å². The topological polar surface area (TPSA) is 36.4 Å². The Labute approximate surface area is 145 Å². The molecule has 1 saturated heterocycles. The van der Waals surface area contributed by atoms with Crippen molar-refractivity contribution in [3.8, 4) is 0 Å². The number of hydrogen-bond donors (Lipinski definition) is 0. The largest absolute Gasteiger partial charge is 0.336 e. The number of aromatic nitrogens is 1. The average molecular weight is 350 g/mol. The van der Waals surface area contributed by atoms with E-state index in [1.807, 2.05) is 23.1 Å². The average Bonchev–Trinajstić information content (AvgIpc) is 2.56. The molecule has 0 atom stereocenters. The van der Waals surface area contributed by atoms with Crippen LogP contribution < -0.4 is 0 Å². The fourth-order valence-corrected chi connectivity index (χ4v) is 3.15. The molecule has 120 valence electrons. The molecule has 4 nitrogen and oxygen atoms in total. The van der Waals surface area contributed by atoms with Crippen LogP contribution in [-0.4, -0.2) is 46.9 Å². The fraction of sp³-hybridized carbons (Fsp3) is 0.294. The van der Waals surface area contributed by atoms with Gasteiger partial charge in [0.25, 0.3) is 5.91 Å². The normalized spacial score (nSPS) is 15.7. The second-order valence-corrected chi connectivity index (χ2v) is 6.36. The second kappa shape index (κ2) is 7.30. The lowest BCUT2D eigenvalue weighted by atomic mass is 10.1. The van der Waals surface area contributed by atoms with Gasteiger partial charge >= 0.3 is 0 Å². The second-order valence-electron chi connectivity index (χ2n) is 5.51. The van der Waals surface area contributed by atoms with Gasteiger partial charge < -0.3 is 4.90 Å². The van der Waals surface area contributed by atoms with Gasteiger partial charge in [0.15, 0.2) is 0 Å². The molecule has 1 aromatic heterocycles. The maximum Gasteiger partial charge on any atom is 0.255 e. The minimum Gasteiger partial charge on any atom is -0.336 e. The summed E-state index contributed by atoms with van der Waals surface area (Å²) in [5.41, 5.74) is 1.56. The van der Waals surface area contributed by atoms with Gasteiger partial charge in [-0.2, -0.15) is 0 Å². The molecule has 0 bridgehead atoms. The highest BCUT2D eigenvalue weighted by Crippen LogP contribution is 2.23. The molecule has 1 amide bonds. The molecule has 1 fully saturated rings. The molecule has 3 rings (SSSR count). The first-order chi connectivity index (χ1) is 11.1. The molecule has 1 aliphatic heterocycles. The SMILES string of the molecule is O=C(c1ccc(Cl)cc1Cl)N1CCN(Cc2ccccn2)CC1. The van der Waals surface area contributed by atoms with Crippen molar-refractivity contribution in [1.82, 2.24) is 14.8 Å². The van der Waals surface area contributed by atoms with Crippen LogP contribution in [0.5, 0.6) is 0 Å². The Balaban J connectivity index is 1.59. The molecule has 2 aromatic rings. The fourth-order valence-electron chi connectivity index (χ4n) is 2.66. The Morgan fingerprint density at radius 1 is 1.09 bits per heavy atom. The number of piperazine rings is 1. The predicted molar refractivity (Wildman–Crippen MR) is 91.9 cm³/mol. The van der Waals surface area contributed by atoms with Crippen molar-refractivity contribution < 1.29 is 4.79 Å². The van der Waals surface area contributed by atoms with E-state index in [0.29, 0.717) is 28.7 Å². The predicted octanol–water partition coefficient (Wildman–Crippen LogP) is 3.35. The molecule has 0 saturated carbocycles. The maximum atomic E-state index is 12.6. The van der Waals surface area contributed by atoms with Crippen molar-refractivity contribution in [2.45, 2.75) is 6.54 Å². The van der Waals surface area contributed by atoms with E-state index in [1.165, 1.54) is 0 Å². The number of carbonyl (C=O) groups is 1. The van der Waals surface area contributed by atoms with Gasteiger partial charge in [-0.1, -0.05) is 29.3 Å². The third-order valence-electron chi connectivity index (χ3n) is 3.93. The zero-order chi connectivity index (χ0) is 16.2. The lowest BCUT2D eigenvalue weighted by Crippen LogP contribution is -2.48. The summed E-state index contributed by atoms with van der Waals surface area (Å²) in [6.07, 6.45) is 1.80. The van der Waals surface area contributed by atoms with Gasteiger partial charge in [0, 0.05) is 43.9 Å². The molecular formula is C17H17Cl2N3O. The van der Waals surface area contributed by atoms with Crippen LogP contribution in [0, 0.1) is 0 Å². The van der Waals surface area contributed by atoms with E-state index >= 15 is 0 Å². The number of benzene rings is 1. The molecule has 0 unspecified atom stereocenters. The Bertz CT molecular complexity index is 685. The van der Waals surface area contributed by atoms with Crippen LogP contribution in [0.3, 0.4) is 0 Å². The van der Waals surface area contributed by atoms with Crippen LogP contribution >= 0.6 is 23.2 Å². The van der Waals surface area contributed by atoms with Crippen LogP contribution in [-0.2, 0) is 6.54 Å². The maximum absolute atomic E-state index is 12.6. The first-order valence-electron chi connectivity index (χ1n) is 7.50. The molecule has 2 heterocycles. The van der Waals surface area contributed by atoms with Crippen LogP contribution in [0.25, 0.3) is 0 Å². The molecule has 0 aliphatic carbocycles. The van der Waals surface area contributed by atoms with E-state index in [1.54, 1.807) is 24.4 Å². The highest BCUT2D eigenvalue weighted by atomic mass is 35.5. The number of nitrogens with zero attached hydrogens (tertiary/aromatic N) is 3. The number of rotatable bonds is 3. The summed E-state index contributed by atoms with van der Waals surface area (Å²) in [4.78, 5) is 21.0. The Kier molecular flexibility index (Phi) is 5.16. The van der Waals surface area contributed by atoms with Gasteiger partial charge in [0.05, 0.1) is 16.3 Å². The molecular weight excluding hydrogens is 333 g/mol. The van der Waals surface area contributed by atoms with E-state index in [-0.39, 0.29) is 5.91 Å². The summed E-state index contributed by atoms with van der Waals surface area (Å²) in [5.74, 6) is -0.0378. The summed E-state index contributed by atoms with van der Waals surface area (Å²) in [6, 6.07) is 10.9. The van der Waals surface area contributed by atoms with Crippen molar-refractivity contribution in [2.75, 3.05) is 26.2 Å². The van der Waals surface area contributed by atoms with E-state index in [0.717, 1.165) is 25.3 Å². The van der Waals surface area contributed by atoms with Crippen LogP contribution in [0.15, 0.2) is 42.6 Å². The van der Waals surface area contributed by atoms with Gasteiger partial charge in [-0.3, -0.25) is 14.7 Å². The van der Waals surface area contributed by atoms with Crippen LogP contribution in [0.1, 0.15) is 16.1 Å². The molecule has 0 radical (unpaired) electrons. The van der Waals surface area contributed by atoms with Gasteiger partial charge in [-0.05, 0) is 30.3 Å². The quantitative estimate of drug-likeness (QED) is 0.852. The van der Waals surface area contributed by atoms with Crippen molar-refractivity contribution in [2.24, 2.45) is 0 Å². The summed E-state index contributed by atoms with van der Waals surface area (Å²) < 4.78 is 0. The molecule has 6 heteroatoms. The summed E-state index contributed by atoms with van der Waals surface area (Å²) >= 11 is 12.0. The summed E-state index contributed by atoms with van der Waals surface area (Å²) in [6.45, 7) is 3.83. The van der Waals surface area contributed by atoms with Gasteiger partial charge in [-0.15, -0.1) is 0 Å². The van der Waals surface area contributed by atoms with Crippen molar-refractivity contribution in [1.29, 1.82) is 0 Å². The zero-order valence-corrected chi connectivity index (χ0v) is 14.1. The molecule has 23 heavy (non-hydrogen) atoms. The molecule has 1 aliphatic rings. The number of pyridine rings is 1. The summed E-state index contributed by atoms with van der Waals surface area (Å²) in [7, 11) is 0. The number of halogens is 2. The van der Waals surface area contributed by atoms with E-state index in [4.69, 9.17) is 23.2 Å². The summed E-state index contributed by atoms with van der Waals surface area (Å²) in [5, 5.41) is 0.935. The highest BCUT2D eigenvalue weighted by Gasteiger charge is 2.23. The third-order valence-corrected chi connectivity index (χ3v) is 4.48. The first kappa shape index (κ1) is 16.2. The highest BCUT2D eigenvalue weighted by molar-refractivity contribution is 6.36. The Hall–Kier alpha value is -1.62. The Morgan fingerprint density at radius 2 is 1.87 bits per heavy atom.